The zero-order chi connectivity index (χ0) is 15.1. The molecular formula is C14H11F2N3O2. The van der Waals surface area contributed by atoms with Crippen LogP contribution in [0.3, 0.4) is 0 Å². The largest absolute Gasteiger partial charge is 0.417 e. The first-order valence-corrected chi connectivity index (χ1v) is 6.09. The molecule has 0 aliphatic carbocycles. The molecule has 0 spiro atoms. The van der Waals surface area contributed by atoms with Crippen molar-refractivity contribution >= 4 is 28.2 Å². The fourth-order valence-corrected chi connectivity index (χ4v) is 2.01. The van der Waals surface area contributed by atoms with Crippen molar-refractivity contribution in [1.82, 2.24) is 4.98 Å². The first-order chi connectivity index (χ1) is 9.94. The third kappa shape index (κ3) is 2.33. The van der Waals surface area contributed by atoms with Crippen molar-refractivity contribution in [3.05, 3.63) is 52.0 Å². The zero-order valence-corrected chi connectivity index (χ0v) is 11.0. The number of nitrogens with two attached hydrogens (primary N) is 1. The van der Waals surface area contributed by atoms with E-state index in [1.165, 1.54) is 19.1 Å². The van der Waals surface area contributed by atoms with Gasteiger partial charge in [0.25, 0.3) is 0 Å². The molecular weight excluding hydrogens is 280 g/mol. The maximum atomic E-state index is 13.8. The Morgan fingerprint density at radius 3 is 2.67 bits per heavy atom. The number of fused-ring (bicyclic) bond motifs is 1. The number of anilines is 3. The average molecular weight is 291 g/mol. The van der Waals surface area contributed by atoms with E-state index in [0.29, 0.717) is 16.8 Å². The number of nitrogen functional groups attached to an aromatic ring is 1. The Hall–Kier alpha value is -2.83. The first kappa shape index (κ1) is 13.2. The van der Waals surface area contributed by atoms with E-state index in [0.717, 1.165) is 12.1 Å². The van der Waals surface area contributed by atoms with E-state index in [1.54, 1.807) is 0 Å². The predicted octanol–water partition coefficient (Wildman–Crippen LogP) is 3.03. The van der Waals surface area contributed by atoms with Gasteiger partial charge in [-0.05, 0) is 24.6 Å². The molecule has 2 aromatic carbocycles. The van der Waals surface area contributed by atoms with Crippen molar-refractivity contribution in [1.29, 1.82) is 0 Å². The van der Waals surface area contributed by atoms with Crippen LogP contribution in [0, 0.1) is 18.6 Å². The minimum atomic E-state index is -0.617. The van der Waals surface area contributed by atoms with Crippen molar-refractivity contribution in [3.8, 4) is 0 Å². The quantitative estimate of drug-likeness (QED) is 0.634. The Labute approximate surface area is 117 Å². The van der Waals surface area contributed by atoms with E-state index in [9.17, 15) is 13.6 Å². The highest BCUT2D eigenvalue weighted by Crippen LogP contribution is 2.29. The number of H-pyrrole nitrogens is 1. The van der Waals surface area contributed by atoms with Crippen LogP contribution in [0.15, 0.2) is 33.5 Å². The molecule has 0 saturated heterocycles. The van der Waals surface area contributed by atoms with Crippen LogP contribution in [0.4, 0.5) is 25.8 Å². The highest BCUT2D eigenvalue weighted by molar-refractivity contribution is 5.87. The molecule has 4 N–H and O–H groups in total. The molecule has 7 heteroatoms. The molecule has 21 heavy (non-hydrogen) atoms. The second-order valence-corrected chi connectivity index (χ2v) is 4.66. The molecule has 0 bridgehead atoms. The van der Waals surface area contributed by atoms with Crippen LogP contribution in [-0.2, 0) is 0 Å². The lowest BCUT2D eigenvalue weighted by molar-refractivity contribution is 0.555. The number of aromatic nitrogens is 1. The lowest BCUT2D eigenvalue weighted by atomic mass is 10.2. The van der Waals surface area contributed by atoms with Gasteiger partial charge in [-0.3, -0.25) is 4.98 Å². The maximum Gasteiger partial charge on any atom is 0.417 e. The van der Waals surface area contributed by atoms with Crippen molar-refractivity contribution in [2.24, 2.45) is 0 Å². The van der Waals surface area contributed by atoms with Crippen LogP contribution in [0.25, 0.3) is 11.1 Å². The summed E-state index contributed by atoms with van der Waals surface area (Å²) in [7, 11) is 0. The standard InChI is InChI=1S/C14H11F2N3O2/c1-6-2-8(16)10(3-7(6)15)18-11-5-12-13(4-9(11)17)21-14(20)19-12/h2-5,18H,17H2,1H3,(H,19,20). The van der Waals surface area contributed by atoms with Gasteiger partial charge >= 0.3 is 5.76 Å². The summed E-state index contributed by atoms with van der Waals surface area (Å²) in [4.78, 5) is 13.6. The van der Waals surface area contributed by atoms with E-state index in [1.807, 2.05) is 0 Å². The first-order valence-electron chi connectivity index (χ1n) is 6.09. The summed E-state index contributed by atoms with van der Waals surface area (Å²) in [5.41, 5.74) is 7.24. The minimum Gasteiger partial charge on any atom is -0.408 e. The Morgan fingerprint density at radius 1 is 1.14 bits per heavy atom. The van der Waals surface area contributed by atoms with E-state index in [2.05, 4.69) is 10.3 Å². The zero-order valence-electron chi connectivity index (χ0n) is 11.0. The molecule has 0 aliphatic heterocycles. The normalized spacial score (nSPS) is 11.0. The monoisotopic (exact) mass is 291 g/mol. The van der Waals surface area contributed by atoms with E-state index in [4.69, 9.17) is 10.2 Å². The molecule has 1 heterocycles. The number of nitrogens with one attached hydrogen (secondary N) is 2. The summed E-state index contributed by atoms with van der Waals surface area (Å²) in [6, 6.07) is 5.06. The van der Waals surface area contributed by atoms with Crippen LogP contribution in [0.1, 0.15) is 5.56 Å². The molecule has 0 aliphatic rings. The molecule has 0 amide bonds. The summed E-state index contributed by atoms with van der Waals surface area (Å²) in [6.07, 6.45) is 0. The molecule has 0 atom stereocenters. The fraction of sp³-hybridized carbons (Fsp3) is 0.0714. The molecule has 108 valence electrons. The van der Waals surface area contributed by atoms with Gasteiger partial charge in [0.15, 0.2) is 5.58 Å². The number of hydrogen-bond donors (Lipinski definition) is 3. The number of hydrogen-bond acceptors (Lipinski definition) is 4. The minimum absolute atomic E-state index is 0.0463. The van der Waals surface area contributed by atoms with Gasteiger partial charge in [-0.1, -0.05) is 0 Å². The Morgan fingerprint density at radius 2 is 1.90 bits per heavy atom. The third-order valence-electron chi connectivity index (χ3n) is 3.11. The van der Waals surface area contributed by atoms with Gasteiger partial charge in [0.2, 0.25) is 0 Å². The number of benzene rings is 2. The molecule has 0 fully saturated rings. The smallest absolute Gasteiger partial charge is 0.408 e. The van der Waals surface area contributed by atoms with Gasteiger partial charge < -0.3 is 15.5 Å². The van der Waals surface area contributed by atoms with Crippen LogP contribution in [-0.4, -0.2) is 4.98 Å². The number of halogens is 2. The van der Waals surface area contributed by atoms with E-state index in [-0.39, 0.29) is 16.9 Å². The van der Waals surface area contributed by atoms with Crippen molar-refractivity contribution < 1.29 is 13.2 Å². The topological polar surface area (TPSA) is 84.0 Å². The lowest BCUT2D eigenvalue weighted by Crippen LogP contribution is -2.00. The van der Waals surface area contributed by atoms with E-state index >= 15 is 0 Å². The summed E-state index contributed by atoms with van der Waals surface area (Å²) in [6.45, 7) is 1.47. The van der Waals surface area contributed by atoms with Crippen molar-refractivity contribution in [2.75, 3.05) is 11.1 Å². The lowest BCUT2D eigenvalue weighted by Gasteiger charge is -2.11. The second-order valence-electron chi connectivity index (χ2n) is 4.66. The Bertz CT molecular complexity index is 899. The number of rotatable bonds is 2. The highest BCUT2D eigenvalue weighted by atomic mass is 19.1. The van der Waals surface area contributed by atoms with Crippen LogP contribution < -0.4 is 16.8 Å². The fourth-order valence-electron chi connectivity index (χ4n) is 2.01. The Kier molecular flexibility index (Phi) is 2.90. The number of aryl methyl sites for hydroxylation is 1. The van der Waals surface area contributed by atoms with Crippen LogP contribution in [0.2, 0.25) is 0 Å². The summed E-state index contributed by atoms with van der Waals surface area (Å²) < 4.78 is 32.2. The van der Waals surface area contributed by atoms with Crippen molar-refractivity contribution in [2.45, 2.75) is 6.92 Å². The molecule has 0 saturated carbocycles. The molecule has 0 radical (unpaired) electrons. The average Bonchev–Trinajstić information content (AvgIpc) is 2.75. The summed E-state index contributed by atoms with van der Waals surface area (Å²) in [5.74, 6) is -1.75. The second kappa shape index (κ2) is 4.62. The predicted molar refractivity (Wildman–Crippen MR) is 75.6 cm³/mol. The van der Waals surface area contributed by atoms with Gasteiger partial charge in [-0.2, -0.15) is 0 Å². The summed E-state index contributed by atoms with van der Waals surface area (Å²) in [5, 5.41) is 2.71. The maximum absolute atomic E-state index is 13.8. The van der Waals surface area contributed by atoms with E-state index < -0.39 is 17.4 Å². The van der Waals surface area contributed by atoms with Gasteiger partial charge in [-0.15, -0.1) is 0 Å². The molecule has 3 aromatic rings. The van der Waals surface area contributed by atoms with Crippen LogP contribution in [0.5, 0.6) is 0 Å². The van der Waals surface area contributed by atoms with Gasteiger partial charge in [0.05, 0.1) is 22.6 Å². The molecule has 5 nitrogen and oxygen atoms in total. The number of aromatic amines is 1. The van der Waals surface area contributed by atoms with Gasteiger partial charge in [0.1, 0.15) is 11.6 Å². The van der Waals surface area contributed by atoms with Gasteiger partial charge in [0, 0.05) is 12.1 Å². The SMILES string of the molecule is Cc1cc(F)c(Nc2cc3[nH]c(=O)oc3cc2N)cc1F. The van der Waals surface area contributed by atoms with Gasteiger partial charge in [-0.25, -0.2) is 13.6 Å². The highest BCUT2D eigenvalue weighted by Gasteiger charge is 2.11. The molecule has 3 rings (SSSR count). The summed E-state index contributed by atoms with van der Waals surface area (Å²) >= 11 is 0. The van der Waals surface area contributed by atoms with Crippen molar-refractivity contribution in [3.63, 3.8) is 0 Å². The number of oxazole rings is 1. The van der Waals surface area contributed by atoms with Crippen LogP contribution >= 0.6 is 0 Å². The molecule has 1 aromatic heterocycles. The third-order valence-corrected chi connectivity index (χ3v) is 3.11. The Balaban J connectivity index is 2.07. The molecule has 0 unspecified atom stereocenters.